The fourth-order valence-corrected chi connectivity index (χ4v) is 18.9. The van der Waals surface area contributed by atoms with Gasteiger partial charge in [0.15, 0.2) is 0 Å². The number of rotatable bonds is 2. The van der Waals surface area contributed by atoms with Crippen LogP contribution in [0.15, 0.2) is 0 Å². The SMILES string of the molecule is CC1C(C)(C)CC(C)(C)CC1(C)C.CC1C(C)(C)CCCC1(C)C.C[C@@H]1CCCCC1(C)C.[2H]C(C)(CC)CC.[2H]C1(C)C(C)(C)CC(C)(C)CC1(C)C.[2H]C1(C)C(C)(C)CCCC1(C)C.[2H]C1(C)CCC2(CC1)CCC(C)(C)CC2.[2H][C@]1(C)CCCCC1(C)C. The highest BCUT2D eigenvalue weighted by Crippen LogP contribution is 2.59. The predicted molar refractivity (Wildman–Crippen MR) is 396 cm³/mol. The fourth-order valence-electron chi connectivity index (χ4n) is 18.9. The summed E-state index contributed by atoms with van der Waals surface area (Å²) in [6.07, 6.45) is 36.2. The van der Waals surface area contributed by atoms with Crippen LogP contribution in [0.4, 0.5) is 0 Å². The second-order valence-corrected chi connectivity index (χ2v) is 41.2. The van der Waals surface area contributed by atoms with E-state index in [-0.39, 0.29) is 56.5 Å². The smallest absolute Gasteiger partial charge is 0.0311 e. The van der Waals surface area contributed by atoms with Crippen molar-refractivity contribution in [2.45, 2.75) is 429 Å². The molecule has 516 valence electrons. The Labute approximate surface area is 556 Å². The first-order valence-corrected chi connectivity index (χ1v) is 37.6. The maximum Gasteiger partial charge on any atom is 0.0311 e. The summed E-state index contributed by atoms with van der Waals surface area (Å²) in [5.41, 5.74) is 5.75. The van der Waals surface area contributed by atoms with Gasteiger partial charge >= 0.3 is 0 Å². The number of hydrogen-bond acceptors (Lipinski definition) is 0. The zero-order chi connectivity index (χ0) is 72.0. The first-order chi connectivity index (χ1) is 40.1. The van der Waals surface area contributed by atoms with Crippen molar-refractivity contribution in [3.8, 4) is 0 Å². The molecule has 86 heavy (non-hydrogen) atoms. The van der Waals surface area contributed by atoms with Crippen LogP contribution in [-0.2, 0) is 0 Å². The second-order valence-electron chi connectivity index (χ2n) is 41.2. The quantitative estimate of drug-likeness (QED) is 0.259. The maximum atomic E-state index is 8.61. The Morgan fingerprint density at radius 1 is 0.314 bits per heavy atom. The Kier molecular flexibility index (Phi) is 28.3. The molecule has 0 aromatic rings. The zero-order valence-electron chi connectivity index (χ0n) is 72.0. The van der Waals surface area contributed by atoms with Crippen molar-refractivity contribution in [1.82, 2.24) is 0 Å². The minimum absolute atomic E-state index is 0.109. The lowest BCUT2D eigenvalue weighted by Gasteiger charge is -2.54. The molecule has 0 unspecified atom stereocenters. The van der Waals surface area contributed by atoms with Crippen LogP contribution >= 0.6 is 0 Å². The van der Waals surface area contributed by atoms with E-state index in [1.54, 1.807) is 0 Å². The Bertz CT molecular complexity index is 1990. The van der Waals surface area contributed by atoms with Gasteiger partial charge in [-0.2, -0.15) is 0 Å². The maximum absolute atomic E-state index is 8.61. The molecule has 0 radical (unpaired) electrons. The van der Waals surface area contributed by atoms with Gasteiger partial charge < -0.3 is 0 Å². The van der Waals surface area contributed by atoms with E-state index in [0.717, 1.165) is 62.7 Å². The monoisotopic (exact) mass is 1210 g/mol. The van der Waals surface area contributed by atoms with Crippen LogP contribution in [0.5, 0.6) is 0 Å². The average Bonchev–Trinajstić information content (AvgIpc) is 0.842. The Morgan fingerprint density at radius 3 is 0.907 bits per heavy atom. The van der Waals surface area contributed by atoms with Crippen molar-refractivity contribution in [2.24, 2.45) is 123 Å². The Balaban J connectivity index is 0.000000525. The molecule has 0 amide bonds. The molecule has 1 spiro atoms. The lowest BCUT2D eigenvalue weighted by molar-refractivity contribution is -0.0427. The van der Waals surface area contributed by atoms with Crippen LogP contribution in [0.2, 0.25) is 0 Å². The van der Waals surface area contributed by atoms with Crippen LogP contribution in [0, 0.1) is 123 Å². The fraction of sp³-hybridized carbons (Fsp3) is 1.00. The molecule has 8 aliphatic rings. The normalized spacial score (nSPS) is 33.3. The van der Waals surface area contributed by atoms with Crippen LogP contribution in [0.1, 0.15) is 436 Å². The van der Waals surface area contributed by atoms with Gasteiger partial charge in [-0.05, 0) is 226 Å². The second kappa shape index (κ2) is 32.4. The molecule has 0 nitrogen and oxygen atoms in total. The van der Waals surface area contributed by atoms with Gasteiger partial charge in [0.25, 0.3) is 0 Å². The first kappa shape index (κ1) is 75.0. The minimum atomic E-state index is -0.324. The molecule has 0 saturated heterocycles. The summed E-state index contributed by atoms with van der Waals surface area (Å²) in [4.78, 5) is 0. The highest BCUT2D eigenvalue weighted by Gasteiger charge is 2.49. The van der Waals surface area contributed by atoms with E-state index >= 15 is 0 Å². The van der Waals surface area contributed by atoms with Crippen LogP contribution in [0.25, 0.3) is 0 Å². The first-order valence-electron chi connectivity index (χ1n) is 40.1. The van der Waals surface area contributed by atoms with Gasteiger partial charge in [0.1, 0.15) is 0 Å². The van der Waals surface area contributed by atoms with E-state index < -0.39 is 0 Å². The summed E-state index contributed by atoms with van der Waals surface area (Å²) in [6.45, 7) is 82.6. The molecule has 0 aliphatic heterocycles. The summed E-state index contributed by atoms with van der Waals surface area (Å²) in [5.74, 6) is 1.58. The molecular formula is C86H172. The minimum Gasteiger partial charge on any atom is -0.0651 e. The van der Waals surface area contributed by atoms with Crippen molar-refractivity contribution in [3.05, 3.63) is 0 Å². The average molecular weight is 1210 g/mol. The van der Waals surface area contributed by atoms with E-state index in [2.05, 4.69) is 242 Å². The van der Waals surface area contributed by atoms with Crippen molar-refractivity contribution in [1.29, 1.82) is 0 Å². The standard InChI is InChI=1S/C14H26.2C13H26.2C11H22.2C9H18.C6H14/c1-12-4-6-14(7-5-12)10-8-13(2,3)9-11-14;2*1-10-12(4,5)8-11(2,3)9-13(10,6)7;2*1-9-10(2,3)7-6-8-11(9,4)5;2*1-8-6-4-5-7-9(8,2)3;1-4-6(3)5-2/h12H,4-11H2,1-3H3;2*10H,8-9H2,1-7H3;2*9H,6-8H2,1-5H3;2*8H,4-7H2,1-3H3;6H,4-5H2,1-3H3/t;;;;;2*8-;/m.....10./s1/i12D;10D;;9D;;;8D;6D. The van der Waals surface area contributed by atoms with Crippen molar-refractivity contribution < 1.29 is 6.85 Å². The molecule has 0 bridgehead atoms. The molecule has 0 aromatic carbocycles. The molecule has 8 saturated carbocycles. The van der Waals surface area contributed by atoms with E-state index in [1.807, 2.05) is 6.92 Å². The van der Waals surface area contributed by atoms with E-state index in [9.17, 15) is 0 Å². The molecule has 8 rings (SSSR count). The molecule has 8 fully saturated rings. The van der Waals surface area contributed by atoms with Crippen molar-refractivity contribution >= 4 is 0 Å². The molecular weight excluding hydrogens is 1030 g/mol. The van der Waals surface area contributed by atoms with Crippen LogP contribution in [0.3, 0.4) is 0 Å². The van der Waals surface area contributed by atoms with Crippen molar-refractivity contribution in [2.75, 3.05) is 0 Å². The van der Waals surface area contributed by atoms with E-state index in [0.29, 0.717) is 48.7 Å². The molecule has 8 aliphatic carbocycles. The lowest BCUT2D eigenvalue weighted by Crippen LogP contribution is -2.45. The molecule has 0 heterocycles. The van der Waals surface area contributed by atoms with Gasteiger partial charge in [0, 0.05) is 6.85 Å². The summed E-state index contributed by atoms with van der Waals surface area (Å²) in [6, 6.07) is 0. The summed E-state index contributed by atoms with van der Waals surface area (Å²) in [5, 5.41) is 0. The third-order valence-corrected chi connectivity index (χ3v) is 27.5. The highest BCUT2D eigenvalue weighted by molar-refractivity contribution is 5.00. The van der Waals surface area contributed by atoms with Gasteiger partial charge in [0.2, 0.25) is 0 Å². The molecule has 0 heteroatoms. The molecule has 0 aromatic heterocycles. The topological polar surface area (TPSA) is 0 Å². The highest BCUT2D eigenvalue weighted by atomic mass is 14.5. The predicted octanol–water partition coefficient (Wildman–Crippen LogP) is 30.4. The van der Waals surface area contributed by atoms with Gasteiger partial charge in [-0.1, -0.05) is 326 Å². The summed E-state index contributed by atoms with van der Waals surface area (Å²) in [7, 11) is 0. The lowest BCUT2D eigenvalue weighted by atomic mass is 9.51. The van der Waals surface area contributed by atoms with Crippen LogP contribution in [-0.4, -0.2) is 0 Å². The van der Waals surface area contributed by atoms with Gasteiger partial charge in [-0.3, -0.25) is 0 Å². The van der Waals surface area contributed by atoms with E-state index in [1.165, 1.54) is 135 Å². The Hall–Kier alpha value is 0. The van der Waals surface area contributed by atoms with Gasteiger partial charge in [-0.25, -0.2) is 0 Å². The third kappa shape index (κ3) is 27.1. The van der Waals surface area contributed by atoms with Crippen LogP contribution < -0.4 is 0 Å². The molecule has 2 atom stereocenters. The van der Waals surface area contributed by atoms with Crippen molar-refractivity contribution in [3.63, 3.8) is 0 Å². The summed E-state index contributed by atoms with van der Waals surface area (Å²) < 4.78 is 40.6. The largest absolute Gasteiger partial charge is 0.0651 e. The third-order valence-electron chi connectivity index (χ3n) is 27.5. The van der Waals surface area contributed by atoms with E-state index in [4.69, 9.17) is 6.85 Å². The molecule has 0 N–H and O–H groups in total. The number of hydrogen-bond donors (Lipinski definition) is 0. The van der Waals surface area contributed by atoms with Gasteiger partial charge in [0.05, 0.1) is 0 Å². The zero-order valence-corrected chi connectivity index (χ0v) is 67.0. The summed E-state index contributed by atoms with van der Waals surface area (Å²) >= 11 is 0. The Morgan fingerprint density at radius 2 is 0.628 bits per heavy atom. The van der Waals surface area contributed by atoms with Gasteiger partial charge in [-0.15, -0.1) is 0 Å².